The van der Waals surface area contributed by atoms with Crippen molar-refractivity contribution in [1.29, 1.82) is 0 Å². The fourth-order valence-electron chi connectivity index (χ4n) is 1.81. The van der Waals surface area contributed by atoms with Gasteiger partial charge in [-0.25, -0.2) is 10.0 Å². The highest BCUT2D eigenvalue weighted by molar-refractivity contribution is 9.09. The Balaban J connectivity index is 0. The van der Waals surface area contributed by atoms with Crippen molar-refractivity contribution >= 4 is 27.7 Å². The number of hydrogen-bond acceptors (Lipinski definition) is 4. The van der Waals surface area contributed by atoms with Crippen LogP contribution in [0, 0.1) is 11.8 Å². The predicted molar refractivity (Wildman–Crippen MR) is 95.3 cm³/mol. The predicted octanol–water partition coefficient (Wildman–Crippen LogP) is 2.02. The first kappa shape index (κ1) is 23.6. The van der Waals surface area contributed by atoms with Crippen LogP contribution in [0.2, 0.25) is 0 Å². The summed E-state index contributed by atoms with van der Waals surface area (Å²) < 4.78 is 0. The highest BCUT2D eigenvalue weighted by Gasteiger charge is 2.15. The molecule has 0 radical (unpaired) electrons. The topological polar surface area (TPSA) is 64.7 Å². The summed E-state index contributed by atoms with van der Waals surface area (Å²) in [5.41, 5.74) is 5.51. The van der Waals surface area contributed by atoms with E-state index < -0.39 is 0 Å². The molecule has 0 saturated carbocycles. The lowest BCUT2D eigenvalue weighted by Gasteiger charge is -2.26. The van der Waals surface area contributed by atoms with Crippen LogP contribution >= 0.6 is 15.9 Å². The van der Waals surface area contributed by atoms with Crippen LogP contribution in [0.15, 0.2) is 0 Å². The first-order valence-corrected chi connectivity index (χ1v) is 8.97. The SMILES string of the molecule is CC.CC(C)CN(C)NC(=O)CN(CC(C)C)NC(=O)CBr. The zero-order chi connectivity index (χ0) is 17.7. The van der Waals surface area contributed by atoms with E-state index in [1.165, 1.54) is 0 Å². The van der Waals surface area contributed by atoms with Crippen molar-refractivity contribution in [2.24, 2.45) is 11.8 Å². The molecule has 6 nitrogen and oxygen atoms in total. The number of rotatable bonds is 9. The van der Waals surface area contributed by atoms with E-state index in [1.807, 2.05) is 34.7 Å². The molecule has 0 atom stereocenters. The third-order valence-electron chi connectivity index (χ3n) is 2.28. The number of carbonyl (C=O) groups excluding carboxylic acids is 2. The Morgan fingerprint density at radius 1 is 0.955 bits per heavy atom. The molecule has 0 unspecified atom stereocenters. The Bertz CT molecular complexity index is 312. The van der Waals surface area contributed by atoms with Gasteiger partial charge in [-0.1, -0.05) is 57.5 Å². The second kappa shape index (κ2) is 14.0. The van der Waals surface area contributed by atoms with Gasteiger partial charge in [0.25, 0.3) is 0 Å². The number of alkyl halides is 1. The molecule has 0 aromatic rings. The zero-order valence-corrected chi connectivity index (χ0v) is 16.7. The monoisotopic (exact) mass is 380 g/mol. The molecule has 0 aliphatic rings. The highest BCUT2D eigenvalue weighted by Crippen LogP contribution is 1.97. The van der Waals surface area contributed by atoms with Crippen molar-refractivity contribution in [1.82, 2.24) is 20.9 Å². The van der Waals surface area contributed by atoms with E-state index in [-0.39, 0.29) is 23.7 Å². The number of hydrogen-bond donors (Lipinski definition) is 2. The maximum Gasteiger partial charge on any atom is 0.250 e. The average molecular weight is 381 g/mol. The van der Waals surface area contributed by atoms with Crippen molar-refractivity contribution in [3.8, 4) is 0 Å². The summed E-state index contributed by atoms with van der Waals surface area (Å²) in [6, 6.07) is 0. The van der Waals surface area contributed by atoms with E-state index in [4.69, 9.17) is 0 Å². The number of halogens is 1. The largest absolute Gasteiger partial charge is 0.288 e. The minimum Gasteiger partial charge on any atom is -0.288 e. The Morgan fingerprint density at radius 2 is 1.45 bits per heavy atom. The van der Waals surface area contributed by atoms with Gasteiger partial charge < -0.3 is 0 Å². The van der Waals surface area contributed by atoms with E-state index in [1.54, 1.807) is 10.0 Å². The first-order valence-electron chi connectivity index (χ1n) is 7.85. The van der Waals surface area contributed by atoms with Crippen LogP contribution in [0.5, 0.6) is 0 Å². The molecule has 2 N–H and O–H groups in total. The van der Waals surface area contributed by atoms with Gasteiger partial charge in [-0.3, -0.25) is 20.4 Å². The number of amides is 2. The second-order valence-corrected chi connectivity index (χ2v) is 6.31. The van der Waals surface area contributed by atoms with E-state index in [9.17, 15) is 9.59 Å². The molecule has 132 valence electrons. The van der Waals surface area contributed by atoms with Crippen LogP contribution in [-0.4, -0.2) is 53.8 Å². The Kier molecular flexibility index (Phi) is 15.0. The molecule has 0 heterocycles. The Hall–Kier alpha value is -0.660. The molecule has 0 saturated heterocycles. The summed E-state index contributed by atoms with van der Waals surface area (Å²) in [5, 5.41) is 3.64. The highest BCUT2D eigenvalue weighted by atomic mass is 79.9. The van der Waals surface area contributed by atoms with Crippen LogP contribution in [0.25, 0.3) is 0 Å². The molecule has 7 heteroatoms. The average Bonchev–Trinajstić information content (AvgIpc) is 2.38. The molecule has 0 aromatic carbocycles. The molecule has 0 fully saturated rings. The summed E-state index contributed by atoms with van der Waals surface area (Å²) in [6.45, 7) is 13.8. The first-order chi connectivity index (χ1) is 10.2. The van der Waals surface area contributed by atoms with Gasteiger partial charge in [-0.05, 0) is 11.8 Å². The minimum atomic E-state index is -0.158. The van der Waals surface area contributed by atoms with Gasteiger partial charge >= 0.3 is 0 Å². The van der Waals surface area contributed by atoms with Gasteiger partial charge in [0.15, 0.2) is 0 Å². The molecular weight excluding hydrogens is 348 g/mol. The third kappa shape index (κ3) is 14.3. The van der Waals surface area contributed by atoms with Crippen LogP contribution in [-0.2, 0) is 9.59 Å². The smallest absolute Gasteiger partial charge is 0.250 e. The van der Waals surface area contributed by atoms with Crippen molar-refractivity contribution in [3.05, 3.63) is 0 Å². The van der Waals surface area contributed by atoms with E-state index in [2.05, 4.69) is 40.6 Å². The summed E-state index contributed by atoms with van der Waals surface area (Å²) in [4.78, 5) is 23.4. The zero-order valence-electron chi connectivity index (χ0n) is 15.1. The number of nitrogens with one attached hydrogen (secondary N) is 2. The quantitative estimate of drug-likeness (QED) is 0.474. The molecule has 2 amide bonds. The van der Waals surface area contributed by atoms with Gasteiger partial charge in [0.2, 0.25) is 11.8 Å². The van der Waals surface area contributed by atoms with Crippen molar-refractivity contribution in [3.63, 3.8) is 0 Å². The molecule has 0 aliphatic carbocycles. The maximum atomic E-state index is 11.9. The molecule has 0 aromatic heterocycles. The minimum absolute atomic E-state index is 0.135. The molecule has 22 heavy (non-hydrogen) atoms. The molecular formula is C15H33BrN4O2. The Morgan fingerprint density at radius 3 is 1.86 bits per heavy atom. The molecule has 0 bridgehead atoms. The lowest BCUT2D eigenvalue weighted by molar-refractivity contribution is -0.130. The van der Waals surface area contributed by atoms with Crippen LogP contribution in [0.1, 0.15) is 41.5 Å². The van der Waals surface area contributed by atoms with Gasteiger partial charge in [0.05, 0.1) is 11.9 Å². The van der Waals surface area contributed by atoms with Crippen molar-refractivity contribution in [2.45, 2.75) is 41.5 Å². The van der Waals surface area contributed by atoms with Crippen LogP contribution < -0.4 is 10.9 Å². The van der Waals surface area contributed by atoms with Gasteiger partial charge in [-0.2, -0.15) is 0 Å². The van der Waals surface area contributed by atoms with E-state index in [0.29, 0.717) is 18.4 Å². The summed E-state index contributed by atoms with van der Waals surface area (Å²) in [7, 11) is 1.84. The Labute approximate surface area is 144 Å². The van der Waals surface area contributed by atoms with E-state index >= 15 is 0 Å². The lowest BCUT2D eigenvalue weighted by Crippen LogP contribution is -2.52. The molecule has 0 rings (SSSR count). The fourth-order valence-corrected chi connectivity index (χ4v) is 1.94. The fraction of sp³-hybridized carbons (Fsp3) is 0.867. The number of carbonyl (C=O) groups is 2. The number of nitrogens with zero attached hydrogens (tertiary/aromatic N) is 2. The molecule has 0 spiro atoms. The summed E-state index contributed by atoms with van der Waals surface area (Å²) in [5.74, 6) is 0.532. The number of hydrazine groups is 2. The summed E-state index contributed by atoms with van der Waals surface area (Å²) in [6.07, 6.45) is 0. The van der Waals surface area contributed by atoms with E-state index in [0.717, 1.165) is 6.54 Å². The van der Waals surface area contributed by atoms with Crippen LogP contribution in [0.3, 0.4) is 0 Å². The van der Waals surface area contributed by atoms with Crippen molar-refractivity contribution < 1.29 is 9.59 Å². The maximum absolute atomic E-state index is 11.9. The second-order valence-electron chi connectivity index (χ2n) is 5.75. The van der Waals surface area contributed by atoms with Gasteiger partial charge in [-0.15, -0.1) is 0 Å². The normalized spacial score (nSPS) is 10.7. The standard InChI is InChI=1S/C13H27BrN4O2.C2H6/c1-10(2)7-17(5)15-13(20)9-18(8-11(3)4)16-12(19)6-14;1-2/h10-11H,6-9H2,1-5H3,(H,15,20)(H,16,19);1-2H3. The van der Waals surface area contributed by atoms with Gasteiger partial charge in [0.1, 0.15) is 0 Å². The summed E-state index contributed by atoms with van der Waals surface area (Å²) >= 11 is 3.10. The molecule has 0 aliphatic heterocycles. The lowest BCUT2D eigenvalue weighted by atomic mass is 10.2. The van der Waals surface area contributed by atoms with Crippen molar-refractivity contribution in [2.75, 3.05) is 32.0 Å². The van der Waals surface area contributed by atoms with Gasteiger partial charge in [0, 0.05) is 20.1 Å². The van der Waals surface area contributed by atoms with Crippen LogP contribution in [0.4, 0.5) is 0 Å². The third-order valence-corrected chi connectivity index (χ3v) is 2.79.